The third-order valence-corrected chi connectivity index (χ3v) is 4.33. The van der Waals surface area contributed by atoms with Gasteiger partial charge in [-0.1, -0.05) is 23.5 Å². The molecule has 0 saturated carbocycles. The number of nitrogens with zero attached hydrogens (tertiary/aromatic N) is 2. The summed E-state index contributed by atoms with van der Waals surface area (Å²) in [6.45, 7) is 3.82. The zero-order valence-electron chi connectivity index (χ0n) is 11.0. The van der Waals surface area contributed by atoms with Gasteiger partial charge in [-0.25, -0.2) is 9.78 Å². The lowest BCUT2D eigenvalue weighted by molar-refractivity contribution is 0.0702. The lowest BCUT2D eigenvalue weighted by Gasteiger charge is -2.07. The molecule has 5 nitrogen and oxygen atoms in total. The van der Waals surface area contributed by atoms with Crippen LogP contribution in [-0.2, 0) is 0 Å². The van der Waals surface area contributed by atoms with E-state index in [1.54, 1.807) is 6.20 Å². The van der Waals surface area contributed by atoms with Crippen LogP contribution in [0.25, 0.3) is 16.2 Å². The zero-order chi connectivity index (χ0) is 14.4. The molecule has 102 valence electrons. The van der Waals surface area contributed by atoms with E-state index in [9.17, 15) is 9.90 Å². The summed E-state index contributed by atoms with van der Waals surface area (Å²) in [5, 5.41) is 9.40. The SMILES string of the molecule is Cc1ccc(-c2c(C(=O)O)sc3ncc(C)n23)cc1N. The highest BCUT2D eigenvalue weighted by molar-refractivity contribution is 7.19. The number of anilines is 1. The van der Waals surface area contributed by atoms with Crippen molar-refractivity contribution in [2.24, 2.45) is 0 Å². The first-order valence-corrected chi connectivity index (χ1v) is 6.87. The Morgan fingerprint density at radius 3 is 2.80 bits per heavy atom. The van der Waals surface area contributed by atoms with E-state index in [4.69, 9.17) is 5.73 Å². The average molecular weight is 287 g/mol. The number of carbonyl (C=O) groups is 1. The second-order valence-corrected chi connectivity index (χ2v) is 5.65. The van der Waals surface area contributed by atoms with E-state index in [2.05, 4.69) is 4.98 Å². The van der Waals surface area contributed by atoms with E-state index in [-0.39, 0.29) is 4.88 Å². The second-order valence-electron chi connectivity index (χ2n) is 4.67. The van der Waals surface area contributed by atoms with Crippen molar-refractivity contribution in [1.29, 1.82) is 0 Å². The van der Waals surface area contributed by atoms with Crippen LogP contribution in [0.15, 0.2) is 24.4 Å². The van der Waals surface area contributed by atoms with E-state index < -0.39 is 5.97 Å². The molecule has 2 heterocycles. The minimum absolute atomic E-state index is 0.277. The smallest absolute Gasteiger partial charge is 0.348 e. The predicted octanol–water partition coefficient (Wildman–Crippen LogP) is 2.96. The Kier molecular flexibility index (Phi) is 2.76. The van der Waals surface area contributed by atoms with Crippen LogP contribution < -0.4 is 5.73 Å². The van der Waals surface area contributed by atoms with Crippen LogP contribution >= 0.6 is 11.3 Å². The van der Waals surface area contributed by atoms with Gasteiger partial charge in [0.05, 0.1) is 5.69 Å². The van der Waals surface area contributed by atoms with Crippen LogP contribution in [0.2, 0.25) is 0 Å². The molecule has 20 heavy (non-hydrogen) atoms. The molecule has 0 amide bonds. The van der Waals surface area contributed by atoms with Crippen molar-refractivity contribution in [2.75, 3.05) is 5.73 Å². The highest BCUT2D eigenvalue weighted by Gasteiger charge is 2.21. The first-order chi connectivity index (χ1) is 9.49. The molecular formula is C14H13N3O2S. The topological polar surface area (TPSA) is 80.6 Å². The van der Waals surface area contributed by atoms with Crippen molar-refractivity contribution in [3.05, 3.63) is 40.5 Å². The van der Waals surface area contributed by atoms with Crippen LogP contribution in [0.1, 0.15) is 20.9 Å². The Morgan fingerprint density at radius 1 is 1.40 bits per heavy atom. The van der Waals surface area contributed by atoms with Crippen LogP contribution in [-0.4, -0.2) is 20.5 Å². The number of nitrogen functional groups attached to an aromatic ring is 1. The Labute approximate surface area is 119 Å². The van der Waals surface area contributed by atoms with E-state index in [1.807, 2.05) is 36.4 Å². The van der Waals surface area contributed by atoms with Gasteiger partial charge in [0.15, 0.2) is 4.96 Å². The highest BCUT2D eigenvalue weighted by Crippen LogP contribution is 2.34. The molecule has 2 aromatic heterocycles. The predicted molar refractivity (Wildman–Crippen MR) is 79.4 cm³/mol. The van der Waals surface area contributed by atoms with Crippen molar-refractivity contribution in [2.45, 2.75) is 13.8 Å². The van der Waals surface area contributed by atoms with Gasteiger partial charge < -0.3 is 10.8 Å². The number of thiazole rings is 1. The summed E-state index contributed by atoms with van der Waals surface area (Å²) < 4.78 is 1.86. The van der Waals surface area contributed by atoms with E-state index in [0.29, 0.717) is 16.3 Å². The van der Waals surface area contributed by atoms with Crippen LogP contribution in [0, 0.1) is 13.8 Å². The summed E-state index contributed by atoms with van der Waals surface area (Å²) in [5.41, 5.74) is 9.89. The maximum absolute atomic E-state index is 11.5. The zero-order valence-corrected chi connectivity index (χ0v) is 11.9. The molecule has 0 aliphatic carbocycles. The Morgan fingerprint density at radius 2 is 2.15 bits per heavy atom. The number of aromatic carboxylic acids is 1. The Balaban J connectivity index is 2.37. The number of hydrogen-bond donors (Lipinski definition) is 2. The summed E-state index contributed by atoms with van der Waals surface area (Å²) in [4.78, 5) is 16.7. The number of hydrogen-bond acceptors (Lipinski definition) is 4. The first-order valence-electron chi connectivity index (χ1n) is 6.05. The molecule has 0 saturated heterocycles. The number of fused-ring (bicyclic) bond motifs is 1. The van der Waals surface area contributed by atoms with Crippen molar-refractivity contribution in [3.8, 4) is 11.3 Å². The molecule has 0 aliphatic heterocycles. The standard InChI is InChI=1S/C14H13N3O2S/c1-7-3-4-9(5-10(7)15)11-12(13(18)19)20-14-16-6-8(2)17(11)14/h3-6H,15H2,1-2H3,(H,18,19). The van der Waals surface area contributed by atoms with Gasteiger partial charge in [0.1, 0.15) is 4.88 Å². The summed E-state index contributed by atoms with van der Waals surface area (Å²) in [5.74, 6) is -0.950. The summed E-state index contributed by atoms with van der Waals surface area (Å²) in [7, 11) is 0. The number of imidazole rings is 1. The van der Waals surface area contributed by atoms with Gasteiger partial charge in [0, 0.05) is 23.1 Å². The van der Waals surface area contributed by atoms with Gasteiger partial charge in [0.25, 0.3) is 0 Å². The molecule has 0 radical (unpaired) electrons. The molecule has 3 aromatic rings. The third-order valence-electron chi connectivity index (χ3n) is 3.28. The number of carboxylic acids is 1. The summed E-state index contributed by atoms with van der Waals surface area (Å²) >= 11 is 1.17. The second kappa shape index (κ2) is 4.35. The van der Waals surface area contributed by atoms with Gasteiger partial charge in [-0.15, -0.1) is 0 Å². The highest BCUT2D eigenvalue weighted by atomic mass is 32.1. The fourth-order valence-electron chi connectivity index (χ4n) is 2.19. The lowest BCUT2D eigenvalue weighted by atomic mass is 10.1. The molecular weight excluding hydrogens is 274 g/mol. The van der Waals surface area contributed by atoms with Gasteiger partial charge in [-0.3, -0.25) is 4.40 Å². The number of aryl methyl sites for hydroxylation is 2. The minimum Gasteiger partial charge on any atom is -0.477 e. The van der Waals surface area contributed by atoms with Gasteiger partial charge in [-0.2, -0.15) is 0 Å². The van der Waals surface area contributed by atoms with Crippen LogP contribution in [0.3, 0.4) is 0 Å². The van der Waals surface area contributed by atoms with Gasteiger partial charge in [0.2, 0.25) is 0 Å². The molecule has 0 unspecified atom stereocenters. The number of rotatable bonds is 2. The number of carboxylic acid groups (broad SMARTS) is 1. The fourth-order valence-corrected chi connectivity index (χ4v) is 3.20. The van der Waals surface area contributed by atoms with Crippen molar-refractivity contribution < 1.29 is 9.90 Å². The largest absolute Gasteiger partial charge is 0.477 e. The summed E-state index contributed by atoms with van der Waals surface area (Å²) in [6.07, 6.45) is 1.73. The van der Waals surface area contributed by atoms with E-state index in [0.717, 1.165) is 16.8 Å². The van der Waals surface area contributed by atoms with E-state index >= 15 is 0 Å². The van der Waals surface area contributed by atoms with Crippen molar-refractivity contribution in [1.82, 2.24) is 9.38 Å². The van der Waals surface area contributed by atoms with Crippen LogP contribution in [0.5, 0.6) is 0 Å². The van der Waals surface area contributed by atoms with Crippen molar-refractivity contribution in [3.63, 3.8) is 0 Å². The molecule has 3 N–H and O–H groups in total. The van der Waals surface area contributed by atoms with Gasteiger partial charge >= 0.3 is 5.97 Å². The molecule has 0 spiro atoms. The fraction of sp³-hybridized carbons (Fsp3) is 0.143. The molecule has 6 heteroatoms. The van der Waals surface area contributed by atoms with Crippen molar-refractivity contribution >= 4 is 28.0 Å². The lowest BCUT2D eigenvalue weighted by Crippen LogP contribution is -1.99. The molecule has 3 rings (SSSR count). The normalized spacial score (nSPS) is 11.1. The molecule has 1 aromatic carbocycles. The minimum atomic E-state index is -0.950. The monoisotopic (exact) mass is 287 g/mol. The van der Waals surface area contributed by atoms with Gasteiger partial charge in [-0.05, 0) is 25.5 Å². The molecule has 0 fully saturated rings. The molecule has 0 atom stereocenters. The van der Waals surface area contributed by atoms with Crippen LogP contribution in [0.4, 0.5) is 5.69 Å². The summed E-state index contributed by atoms with van der Waals surface area (Å²) in [6, 6.07) is 5.59. The maximum Gasteiger partial charge on any atom is 0.348 e. The molecule has 0 aliphatic rings. The third kappa shape index (κ3) is 1.77. The average Bonchev–Trinajstić information content (AvgIpc) is 2.93. The maximum atomic E-state index is 11.5. The first kappa shape index (κ1) is 12.7. The Bertz CT molecular complexity index is 832. The molecule has 0 bridgehead atoms. The number of nitrogens with two attached hydrogens (primary N) is 1. The number of benzene rings is 1. The van der Waals surface area contributed by atoms with E-state index in [1.165, 1.54) is 11.3 Å². The Hall–Kier alpha value is -2.34. The number of aromatic nitrogens is 2. The quantitative estimate of drug-likeness (QED) is 0.710.